The molecule has 162 valence electrons. The van der Waals surface area contributed by atoms with E-state index in [1.54, 1.807) is 0 Å². The van der Waals surface area contributed by atoms with Crippen molar-refractivity contribution in [3.05, 3.63) is 83.6 Å². The minimum absolute atomic E-state index is 0. The van der Waals surface area contributed by atoms with E-state index in [1.165, 1.54) is 22.0 Å². The summed E-state index contributed by atoms with van der Waals surface area (Å²) in [7, 11) is 1.97. The first-order valence-corrected chi connectivity index (χ1v) is 10.2. The minimum atomic E-state index is 0. The van der Waals surface area contributed by atoms with Crippen molar-refractivity contribution in [2.45, 2.75) is 26.4 Å². The summed E-state index contributed by atoms with van der Waals surface area (Å²) in [5.41, 5.74) is 3.63. The molecule has 2 heterocycles. The van der Waals surface area contributed by atoms with Crippen LogP contribution < -0.4 is 10.6 Å². The van der Waals surface area contributed by atoms with Crippen LogP contribution in [0, 0.1) is 6.92 Å². The number of halogens is 1. The second-order valence-corrected chi connectivity index (χ2v) is 7.26. The fraction of sp³-hybridized carbons (Fsp3) is 0.261. The molecular weight excluding hydrogens is 501 g/mol. The van der Waals surface area contributed by atoms with Crippen LogP contribution in [-0.4, -0.2) is 32.3 Å². The van der Waals surface area contributed by atoms with Gasteiger partial charge in [-0.25, -0.2) is 4.99 Å². The molecule has 7 nitrogen and oxygen atoms in total. The van der Waals surface area contributed by atoms with Gasteiger partial charge in [0.25, 0.3) is 0 Å². The summed E-state index contributed by atoms with van der Waals surface area (Å²) in [5.74, 6) is 2.53. The lowest BCUT2D eigenvalue weighted by Crippen LogP contribution is -2.38. The molecule has 8 heteroatoms. The van der Waals surface area contributed by atoms with Gasteiger partial charge in [-0.2, -0.15) is 0 Å². The van der Waals surface area contributed by atoms with Crippen LogP contribution in [0.4, 0.5) is 0 Å². The Kier molecular flexibility index (Phi) is 8.05. The van der Waals surface area contributed by atoms with Gasteiger partial charge in [-0.15, -0.1) is 34.2 Å². The van der Waals surface area contributed by atoms with Crippen LogP contribution in [0.15, 0.2) is 65.8 Å². The first-order valence-electron chi connectivity index (χ1n) is 10.2. The van der Waals surface area contributed by atoms with Crippen molar-refractivity contribution in [3.8, 4) is 0 Å². The fourth-order valence-electron chi connectivity index (χ4n) is 3.35. The molecular formula is C23H28IN7. The smallest absolute Gasteiger partial charge is 0.191 e. The second-order valence-electron chi connectivity index (χ2n) is 7.26. The van der Waals surface area contributed by atoms with Crippen LogP contribution in [0.1, 0.15) is 22.8 Å². The summed E-state index contributed by atoms with van der Waals surface area (Å²) < 4.78 is 1.98. The quantitative estimate of drug-likeness (QED) is 0.194. The molecule has 0 aliphatic carbocycles. The number of nitrogens with one attached hydrogen (secondary N) is 3. The highest BCUT2D eigenvalue weighted by molar-refractivity contribution is 14.0. The monoisotopic (exact) mass is 529 g/mol. The van der Waals surface area contributed by atoms with Crippen molar-refractivity contribution in [3.63, 3.8) is 0 Å². The van der Waals surface area contributed by atoms with Gasteiger partial charge in [0, 0.05) is 30.7 Å². The van der Waals surface area contributed by atoms with Crippen LogP contribution in [0.3, 0.4) is 0 Å². The molecule has 0 saturated heterocycles. The van der Waals surface area contributed by atoms with Crippen molar-refractivity contribution in [1.82, 2.24) is 30.4 Å². The number of aliphatic imine (C=N–C) groups is 1. The summed E-state index contributed by atoms with van der Waals surface area (Å²) in [5, 5.41) is 16.5. The normalized spacial score (nSPS) is 11.4. The topological polar surface area (TPSA) is 82.9 Å². The Morgan fingerprint density at radius 3 is 2.58 bits per heavy atom. The Balaban J connectivity index is 0.00000272. The SMILES string of the molecule is Cc1nnc(CNC(=NCc2ccccc2)NCCc2c[nH]c3ccccc23)n1C.I. The minimum Gasteiger partial charge on any atom is -0.361 e. The van der Waals surface area contributed by atoms with Gasteiger partial charge in [0.1, 0.15) is 5.82 Å². The Morgan fingerprint density at radius 2 is 1.81 bits per heavy atom. The molecule has 3 N–H and O–H groups in total. The van der Waals surface area contributed by atoms with E-state index in [4.69, 9.17) is 4.99 Å². The summed E-state index contributed by atoms with van der Waals surface area (Å²) in [6.45, 7) is 3.90. The molecule has 0 spiro atoms. The number of benzene rings is 2. The number of para-hydroxylation sites is 1. The highest BCUT2D eigenvalue weighted by Crippen LogP contribution is 2.17. The van der Waals surface area contributed by atoms with E-state index in [1.807, 2.05) is 42.8 Å². The van der Waals surface area contributed by atoms with Crippen LogP contribution in [0.25, 0.3) is 10.9 Å². The van der Waals surface area contributed by atoms with Gasteiger partial charge < -0.3 is 20.2 Å². The van der Waals surface area contributed by atoms with E-state index < -0.39 is 0 Å². The van der Waals surface area contributed by atoms with Crippen molar-refractivity contribution < 1.29 is 0 Å². The van der Waals surface area contributed by atoms with E-state index in [2.05, 4.69) is 62.3 Å². The largest absolute Gasteiger partial charge is 0.361 e. The van der Waals surface area contributed by atoms with Crippen LogP contribution in [0.5, 0.6) is 0 Å². The third-order valence-electron chi connectivity index (χ3n) is 5.22. The molecule has 0 radical (unpaired) electrons. The molecule has 0 atom stereocenters. The molecule has 2 aromatic carbocycles. The molecule has 31 heavy (non-hydrogen) atoms. The van der Waals surface area contributed by atoms with E-state index in [0.29, 0.717) is 13.1 Å². The van der Waals surface area contributed by atoms with Gasteiger partial charge in [0.2, 0.25) is 0 Å². The predicted octanol–water partition coefficient (Wildman–Crippen LogP) is 3.70. The highest BCUT2D eigenvalue weighted by Gasteiger charge is 2.07. The van der Waals surface area contributed by atoms with Gasteiger partial charge >= 0.3 is 0 Å². The van der Waals surface area contributed by atoms with Crippen LogP contribution in [-0.2, 0) is 26.6 Å². The first-order chi connectivity index (χ1) is 14.7. The van der Waals surface area contributed by atoms with Crippen molar-refractivity contribution in [2.24, 2.45) is 12.0 Å². The zero-order valence-electron chi connectivity index (χ0n) is 17.8. The number of H-pyrrole nitrogens is 1. The third-order valence-corrected chi connectivity index (χ3v) is 5.22. The standard InChI is InChI=1S/C23H27N7.HI/c1-17-28-29-22(30(17)2)16-27-23(26-14-18-8-4-3-5-9-18)24-13-12-19-15-25-21-11-7-6-10-20(19)21;/h3-11,15,25H,12-14,16H2,1-2H3,(H2,24,26,27);1H. The molecule has 0 aliphatic rings. The first kappa shape index (κ1) is 22.8. The molecule has 0 saturated carbocycles. The van der Waals surface area contributed by atoms with Gasteiger partial charge in [0.05, 0.1) is 13.1 Å². The van der Waals surface area contributed by atoms with Gasteiger partial charge in [0.15, 0.2) is 11.8 Å². The number of aryl methyl sites for hydroxylation is 1. The molecule has 0 unspecified atom stereocenters. The second kappa shape index (κ2) is 10.9. The zero-order valence-corrected chi connectivity index (χ0v) is 20.1. The van der Waals surface area contributed by atoms with Crippen molar-refractivity contribution >= 4 is 40.8 Å². The highest BCUT2D eigenvalue weighted by atomic mass is 127. The van der Waals surface area contributed by atoms with Gasteiger partial charge in [-0.05, 0) is 30.5 Å². The number of nitrogens with zero attached hydrogens (tertiary/aromatic N) is 4. The van der Waals surface area contributed by atoms with E-state index in [9.17, 15) is 0 Å². The summed E-state index contributed by atoms with van der Waals surface area (Å²) in [6, 6.07) is 18.6. The lowest BCUT2D eigenvalue weighted by molar-refractivity contribution is 0.713. The van der Waals surface area contributed by atoms with E-state index in [0.717, 1.165) is 30.6 Å². The lowest BCUT2D eigenvalue weighted by Gasteiger charge is -2.12. The number of fused-ring (bicyclic) bond motifs is 1. The summed E-state index contributed by atoms with van der Waals surface area (Å²) in [6.07, 6.45) is 2.99. The Hall–Kier alpha value is -2.88. The molecule has 0 amide bonds. The van der Waals surface area contributed by atoms with Crippen molar-refractivity contribution in [1.29, 1.82) is 0 Å². The molecule has 0 fully saturated rings. The van der Waals surface area contributed by atoms with Crippen molar-refractivity contribution in [2.75, 3.05) is 6.54 Å². The fourth-order valence-corrected chi connectivity index (χ4v) is 3.35. The van der Waals surface area contributed by atoms with E-state index in [-0.39, 0.29) is 24.0 Å². The number of hydrogen-bond acceptors (Lipinski definition) is 3. The predicted molar refractivity (Wildman–Crippen MR) is 136 cm³/mol. The van der Waals surface area contributed by atoms with Gasteiger partial charge in [-0.1, -0.05) is 48.5 Å². The summed E-state index contributed by atoms with van der Waals surface area (Å²) in [4.78, 5) is 8.09. The average Bonchev–Trinajstić information content (AvgIpc) is 3.34. The number of aromatic nitrogens is 4. The molecule has 0 bridgehead atoms. The van der Waals surface area contributed by atoms with Crippen LogP contribution in [0.2, 0.25) is 0 Å². The number of hydrogen-bond donors (Lipinski definition) is 3. The summed E-state index contributed by atoms with van der Waals surface area (Å²) >= 11 is 0. The molecule has 4 rings (SSSR count). The third kappa shape index (κ3) is 5.84. The van der Waals surface area contributed by atoms with E-state index >= 15 is 0 Å². The number of guanidine groups is 1. The molecule has 2 aromatic heterocycles. The Bertz CT molecular complexity index is 1130. The molecule has 4 aromatic rings. The maximum absolute atomic E-state index is 4.76. The average molecular weight is 529 g/mol. The number of aromatic amines is 1. The Labute approximate surface area is 199 Å². The zero-order chi connectivity index (χ0) is 20.8. The number of rotatable bonds is 7. The van der Waals surface area contributed by atoms with Gasteiger partial charge in [-0.3, -0.25) is 0 Å². The Morgan fingerprint density at radius 1 is 1.03 bits per heavy atom. The van der Waals surface area contributed by atoms with Crippen LogP contribution >= 0.6 is 24.0 Å². The lowest BCUT2D eigenvalue weighted by atomic mass is 10.1. The molecule has 0 aliphatic heterocycles. The maximum Gasteiger partial charge on any atom is 0.191 e. The maximum atomic E-state index is 4.76.